The Labute approximate surface area is 65.2 Å². The average Bonchev–Trinajstić information content (AvgIpc) is 2.72. The molecule has 2 aliphatic rings. The number of fused-ring (bicyclic) bond motifs is 2. The molecule has 56 valence electrons. The summed E-state index contributed by atoms with van der Waals surface area (Å²) in [6.45, 7) is 0.886. The fourth-order valence-corrected chi connectivity index (χ4v) is 1.87. The van der Waals surface area contributed by atoms with Crippen molar-refractivity contribution in [3.63, 3.8) is 0 Å². The Morgan fingerprint density at radius 3 is 3.27 bits per heavy atom. The van der Waals surface area contributed by atoms with E-state index in [0.717, 1.165) is 19.4 Å². The molecule has 0 unspecified atom stereocenters. The van der Waals surface area contributed by atoms with Crippen LogP contribution in [0.15, 0.2) is 18.3 Å². The molecule has 1 aliphatic carbocycles. The Morgan fingerprint density at radius 2 is 2.45 bits per heavy atom. The van der Waals surface area contributed by atoms with E-state index < -0.39 is 0 Å². The smallest absolute Gasteiger partial charge is 0.134 e. The molecule has 1 aliphatic heterocycles. The lowest BCUT2D eigenvalue weighted by Crippen LogP contribution is -2.04. The fraction of sp³-hybridized carbons (Fsp3) is 0.444. The van der Waals surface area contributed by atoms with Crippen molar-refractivity contribution in [1.82, 2.24) is 4.98 Å². The molecule has 0 radical (unpaired) electrons. The van der Waals surface area contributed by atoms with Gasteiger partial charge in [0.25, 0.3) is 0 Å². The molecule has 0 amide bonds. The van der Waals surface area contributed by atoms with E-state index in [2.05, 4.69) is 11.1 Å². The van der Waals surface area contributed by atoms with E-state index in [0.29, 0.717) is 0 Å². The summed E-state index contributed by atoms with van der Waals surface area (Å²) >= 11 is 0. The Kier molecular flexibility index (Phi) is 0.853. The van der Waals surface area contributed by atoms with Crippen LogP contribution < -0.4 is 0 Å². The van der Waals surface area contributed by atoms with E-state index in [4.69, 9.17) is 4.74 Å². The van der Waals surface area contributed by atoms with Crippen molar-refractivity contribution in [2.45, 2.75) is 18.4 Å². The van der Waals surface area contributed by atoms with Crippen LogP contribution in [0.1, 0.15) is 17.7 Å². The molecule has 1 saturated heterocycles. The number of epoxide rings is 1. The Bertz CT molecular complexity index is 304. The summed E-state index contributed by atoms with van der Waals surface area (Å²) in [4.78, 5) is 4.35. The third-order valence-corrected chi connectivity index (χ3v) is 2.61. The van der Waals surface area contributed by atoms with E-state index in [1.807, 2.05) is 12.3 Å². The van der Waals surface area contributed by atoms with Gasteiger partial charge < -0.3 is 4.74 Å². The second-order valence-electron chi connectivity index (χ2n) is 3.29. The summed E-state index contributed by atoms with van der Waals surface area (Å²) in [7, 11) is 0. The summed E-state index contributed by atoms with van der Waals surface area (Å²) in [5.74, 6) is 0. The van der Waals surface area contributed by atoms with Crippen LogP contribution in [-0.2, 0) is 16.8 Å². The molecule has 2 heteroatoms. The molecule has 1 aromatic heterocycles. The predicted molar refractivity (Wildman–Crippen MR) is 40.2 cm³/mol. The highest BCUT2D eigenvalue weighted by molar-refractivity contribution is 5.34. The van der Waals surface area contributed by atoms with Crippen LogP contribution in [0.5, 0.6) is 0 Å². The molecule has 2 nitrogen and oxygen atoms in total. The van der Waals surface area contributed by atoms with Gasteiger partial charge in [-0.3, -0.25) is 4.98 Å². The van der Waals surface area contributed by atoms with Crippen LogP contribution in [0, 0.1) is 0 Å². The lowest BCUT2D eigenvalue weighted by atomic mass is 10.1. The first-order valence-corrected chi connectivity index (χ1v) is 3.99. The molecule has 0 aromatic carbocycles. The van der Waals surface area contributed by atoms with Crippen LogP contribution in [0.3, 0.4) is 0 Å². The number of hydrogen-bond acceptors (Lipinski definition) is 2. The highest BCUT2D eigenvalue weighted by atomic mass is 16.6. The Balaban J connectivity index is 2.21. The van der Waals surface area contributed by atoms with Crippen molar-refractivity contribution in [2.24, 2.45) is 0 Å². The summed E-state index contributed by atoms with van der Waals surface area (Å²) in [5, 5.41) is 0. The van der Waals surface area contributed by atoms with E-state index in [1.165, 1.54) is 11.3 Å². The van der Waals surface area contributed by atoms with Gasteiger partial charge in [0.05, 0.1) is 12.3 Å². The predicted octanol–water partition coefficient (Wildman–Crippen LogP) is 1.25. The molecule has 1 atom stereocenters. The van der Waals surface area contributed by atoms with E-state index in [1.54, 1.807) is 0 Å². The molecule has 1 spiro atoms. The van der Waals surface area contributed by atoms with Crippen molar-refractivity contribution in [2.75, 3.05) is 6.61 Å². The maximum atomic E-state index is 5.42. The van der Waals surface area contributed by atoms with Crippen LogP contribution in [-0.4, -0.2) is 11.6 Å². The highest BCUT2D eigenvalue weighted by Gasteiger charge is 2.51. The summed E-state index contributed by atoms with van der Waals surface area (Å²) < 4.78 is 5.42. The molecule has 1 fully saturated rings. The van der Waals surface area contributed by atoms with E-state index in [9.17, 15) is 0 Å². The van der Waals surface area contributed by atoms with Gasteiger partial charge in [-0.05, 0) is 24.5 Å². The average molecular weight is 147 g/mol. The molecular formula is C9H9NO. The van der Waals surface area contributed by atoms with Crippen LogP contribution >= 0.6 is 0 Å². The third-order valence-electron chi connectivity index (χ3n) is 2.61. The standard InChI is InChI=1S/C9H9NO/c1-2-7-3-4-9(6-11-9)8(7)10-5-1/h1-2,5H,3-4,6H2/t9-/m0/s1. The minimum Gasteiger partial charge on any atom is -0.363 e. The Hall–Kier alpha value is -0.890. The number of aryl methyl sites for hydroxylation is 1. The van der Waals surface area contributed by atoms with Gasteiger partial charge in [-0.15, -0.1) is 0 Å². The van der Waals surface area contributed by atoms with Crippen LogP contribution in [0.2, 0.25) is 0 Å². The second kappa shape index (κ2) is 1.64. The monoisotopic (exact) mass is 147 g/mol. The first-order valence-electron chi connectivity index (χ1n) is 3.99. The van der Waals surface area contributed by atoms with Crippen molar-refractivity contribution >= 4 is 0 Å². The summed E-state index contributed by atoms with van der Waals surface area (Å²) in [5.41, 5.74) is 2.64. The minimum absolute atomic E-state index is 0.0661. The topological polar surface area (TPSA) is 25.4 Å². The fourth-order valence-electron chi connectivity index (χ4n) is 1.87. The number of hydrogen-bond donors (Lipinski definition) is 0. The summed E-state index contributed by atoms with van der Waals surface area (Å²) in [6, 6.07) is 4.15. The van der Waals surface area contributed by atoms with Crippen molar-refractivity contribution in [3.05, 3.63) is 29.6 Å². The molecule has 11 heavy (non-hydrogen) atoms. The zero-order valence-electron chi connectivity index (χ0n) is 6.21. The van der Waals surface area contributed by atoms with Crippen LogP contribution in [0.25, 0.3) is 0 Å². The lowest BCUT2D eigenvalue weighted by molar-refractivity contribution is 0.303. The van der Waals surface area contributed by atoms with E-state index >= 15 is 0 Å². The maximum absolute atomic E-state index is 5.42. The molecule has 0 N–H and O–H groups in total. The van der Waals surface area contributed by atoms with Gasteiger partial charge in [-0.25, -0.2) is 0 Å². The second-order valence-corrected chi connectivity index (χ2v) is 3.29. The highest BCUT2D eigenvalue weighted by Crippen LogP contribution is 2.47. The molecule has 0 bridgehead atoms. The number of ether oxygens (including phenoxy) is 1. The van der Waals surface area contributed by atoms with Crippen molar-refractivity contribution in [1.29, 1.82) is 0 Å². The number of nitrogens with zero attached hydrogens (tertiary/aromatic N) is 1. The van der Waals surface area contributed by atoms with Crippen molar-refractivity contribution < 1.29 is 4.74 Å². The molecule has 1 aromatic rings. The first kappa shape index (κ1) is 5.72. The summed E-state index contributed by atoms with van der Waals surface area (Å²) in [6.07, 6.45) is 4.14. The van der Waals surface area contributed by atoms with Crippen molar-refractivity contribution in [3.8, 4) is 0 Å². The van der Waals surface area contributed by atoms with Crippen LogP contribution in [0.4, 0.5) is 0 Å². The first-order chi connectivity index (χ1) is 5.41. The zero-order valence-corrected chi connectivity index (χ0v) is 6.21. The van der Waals surface area contributed by atoms with Gasteiger partial charge in [0.1, 0.15) is 5.60 Å². The van der Waals surface area contributed by atoms with Gasteiger partial charge in [-0.2, -0.15) is 0 Å². The number of rotatable bonds is 0. The van der Waals surface area contributed by atoms with Gasteiger partial charge in [0, 0.05) is 6.20 Å². The quantitative estimate of drug-likeness (QED) is 0.516. The zero-order chi connectivity index (χ0) is 7.31. The number of aromatic nitrogens is 1. The molecule has 2 heterocycles. The Morgan fingerprint density at radius 1 is 1.55 bits per heavy atom. The lowest BCUT2D eigenvalue weighted by Gasteiger charge is -2.00. The number of pyridine rings is 1. The molecule has 3 rings (SSSR count). The van der Waals surface area contributed by atoms with Gasteiger partial charge in [0.2, 0.25) is 0 Å². The molecular weight excluding hydrogens is 138 g/mol. The molecule has 0 saturated carbocycles. The largest absolute Gasteiger partial charge is 0.363 e. The van der Waals surface area contributed by atoms with Gasteiger partial charge in [-0.1, -0.05) is 6.07 Å². The minimum atomic E-state index is 0.0661. The van der Waals surface area contributed by atoms with Gasteiger partial charge >= 0.3 is 0 Å². The third kappa shape index (κ3) is 0.627. The normalized spacial score (nSPS) is 32.4. The van der Waals surface area contributed by atoms with E-state index in [-0.39, 0.29) is 5.60 Å². The maximum Gasteiger partial charge on any atom is 0.134 e. The van der Waals surface area contributed by atoms with Gasteiger partial charge in [0.15, 0.2) is 0 Å². The SMILES string of the molecule is c1cnc2c(c1)CC[C@]21CO1.